The Hall–Kier alpha value is -0.530. The smallest absolute Gasteiger partial charge is 0.0975 e. The fourth-order valence-corrected chi connectivity index (χ4v) is 2.74. The normalized spacial score (nSPS) is 19.8. The molecular formula is C18H36N2. The summed E-state index contributed by atoms with van der Waals surface area (Å²) in [6.07, 6.45) is 13.6. The van der Waals surface area contributed by atoms with Crippen LogP contribution in [0, 0.1) is 0 Å². The van der Waals surface area contributed by atoms with E-state index in [0.717, 1.165) is 6.42 Å². The van der Waals surface area contributed by atoms with Gasteiger partial charge in [-0.1, -0.05) is 58.3 Å². The molecule has 0 spiro atoms. The van der Waals surface area contributed by atoms with Gasteiger partial charge in [0.15, 0.2) is 0 Å². The zero-order valence-corrected chi connectivity index (χ0v) is 14.5. The molecule has 0 aliphatic carbocycles. The van der Waals surface area contributed by atoms with E-state index in [1.54, 1.807) is 0 Å². The molecule has 118 valence electrons. The second-order valence-electron chi connectivity index (χ2n) is 7.45. The van der Waals surface area contributed by atoms with Crippen LogP contribution in [0.1, 0.15) is 98.8 Å². The van der Waals surface area contributed by atoms with Gasteiger partial charge in [-0.25, -0.2) is 0 Å². The summed E-state index contributed by atoms with van der Waals surface area (Å²) in [5.74, 6) is 1.22. The van der Waals surface area contributed by atoms with Crippen molar-refractivity contribution in [2.75, 3.05) is 0 Å². The molecule has 0 fully saturated rings. The van der Waals surface area contributed by atoms with Crippen LogP contribution in [0.4, 0.5) is 0 Å². The maximum Gasteiger partial charge on any atom is 0.0975 e. The van der Waals surface area contributed by atoms with Crippen LogP contribution in [-0.2, 0) is 0 Å². The van der Waals surface area contributed by atoms with E-state index in [-0.39, 0.29) is 11.1 Å². The highest BCUT2D eigenvalue weighted by Crippen LogP contribution is 2.30. The molecule has 0 atom stereocenters. The number of hydrogen-bond donors (Lipinski definition) is 1. The number of amidine groups is 1. The van der Waals surface area contributed by atoms with Crippen molar-refractivity contribution in [1.82, 2.24) is 5.32 Å². The molecule has 0 amide bonds. The Bertz CT molecular complexity index is 303. The lowest BCUT2D eigenvalue weighted by atomic mass is 9.85. The lowest BCUT2D eigenvalue weighted by Crippen LogP contribution is -2.50. The SMILES string of the molecule is CCCCCCCCCCCC1=NC(C)(C)C(C)(C)N1. The average Bonchev–Trinajstić information content (AvgIpc) is 2.56. The largest absolute Gasteiger partial charge is 0.367 e. The highest BCUT2D eigenvalue weighted by Gasteiger charge is 2.42. The first kappa shape index (κ1) is 17.5. The number of rotatable bonds is 10. The maximum absolute atomic E-state index is 4.85. The van der Waals surface area contributed by atoms with Crippen molar-refractivity contribution in [3.05, 3.63) is 0 Å². The van der Waals surface area contributed by atoms with E-state index in [1.165, 1.54) is 63.6 Å². The number of aliphatic imine (C=N–C) groups is 1. The number of nitrogens with zero attached hydrogens (tertiary/aromatic N) is 1. The zero-order valence-electron chi connectivity index (χ0n) is 14.5. The number of nitrogens with one attached hydrogen (secondary N) is 1. The molecule has 0 unspecified atom stereocenters. The van der Waals surface area contributed by atoms with E-state index in [2.05, 4.69) is 39.9 Å². The molecule has 0 radical (unpaired) electrons. The van der Waals surface area contributed by atoms with Crippen molar-refractivity contribution in [3.8, 4) is 0 Å². The lowest BCUT2D eigenvalue weighted by Gasteiger charge is -2.32. The minimum absolute atomic E-state index is 0.0294. The van der Waals surface area contributed by atoms with E-state index in [4.69, 9.17) is 4.99 Å². The summed E-state index contributed by atoms with van der Waals surface area (Å²) in [6.45, 7) is 11.2. The molecule has 1 rings (SSSR count). The van der Waals surface area contributed by atoms with Crippen LogP contribution >= 0.6 is 0 Å². The van der Waals surface area contributed by atoms with Crippen LogP contribution in [0.15, 0.2) is 4.99 Å². The van der Waals surface area contributed by atoms with Crippen LogP contribution in [-0.4, -0.2) is 16.9 Å². The first-order valence-electron chi connectivity index (χ1n) is 8.76. The summed E-state index contributed by atoms with van der Waals surface area (Å²) in [5, 5.41) is 3.60. The number of hydrogen-bond acceptors (Lipinski definition) is 2. The molecule has 2 nitrogen and oxygen atoms in total. The first-order chi connectivity index (χ1) is 9.39. The average molecular weight is 280 g/mol. The van der Waals surface area contributed by atoms with Crippen molar-refractivity contribution in [1.29, 1.82) is 0 Å². The van der Waals surface area contributed by atoms with Crippen LogP contribution in [0.3, 0.4) is 0 Å². The summed E-state index contributed by atoms with van der Waals surface area (Å²) in [7, 11) is 0. The fraction of sp³-hybridized carbons (Fsp3) is 0.944. The van der Waals surface area contributed by atoms with E-state index < -0.39 is 0 Å². The van der Waals surface area contributed by atoms with Gasteiger partial charge in [-0.05, 0) is 34.1 Å². The van der Waals surface area contributed by atoms with Gasteiger partial charge in [0.25, 0.3) is 0 Å². The Morgan fingerprint density at radius 3 is 1.75 bits per heavy atom. The minimum atomic E-state index is 0.0294. The Morgan fingerprint density at radius 1 is 0.800 bits per heavy atom. The second kappa shape index (κ2) is 8.05. The van der Waals surface area contributed by atoms with E-state index in [0.29, 0.717) is 0 Å². The minimum Gasteiger partial charge on any atom is -0.367 e. The quantitative estimate of drug-likeness (QED) is 0.527. The molecule has 0 saturated heterocycles. The Morgan fingerprint density at radius 2 is 1.30 bits per heavy atom. The molecule has 1 heterocycles. The highest BCUT2D eigenvalue weighted by molar-refractivity contribution is 5.85. The summed E-state index contributed by atoms with van der Waals surface area (Å²) in [5.41, 5.74) is 0.128. The predicted octanol–water partition coefficient (Wildman–Crippen LogP) is 5.47. The van der Waals surface area contributed by atoms with Crippen LogP contribution in [0.25, 0.3) is 0 Å². The molecule has 1 N–H and O–H groups in total. The molecule has 0 aromatic rings. The van der Waals surface area contributed by atoms with Gasteiger partial charge in [0.2, 0.25) is 0 Å². The molecule has 0 bridgehead atoms. The van der Waals surface area contributed by atoms with Crippen molar-refractivity contribution in [2.45, 2.75) is 110 Å². The molecular weight excluding hydrogens is 244 g/mol. The van der Waals surface area contributed by atoms with Gasteiger partial charge in [-0.15, -0.1) is 0 Å². The summed E-state index contributed by atoms with van der Waals surface area (Å²) < 4.78 is 0. The summed E-state index contributed by atoms with van der Waals surface area (Å²) in [4.78, 5) is 4.85. The molecule has 0 saturated carbocycles. The molecule has 0 aromatic carbocycles. The van der Waals surface area contributed by atoms with Crippen molar-refractivity contribution in [2.24, 2.45) is 4.99 Å². The van der Waals surface area contributed by atoms with Gasteiger partial charge in [-0.3, -0.25) is 4.99 Å². The molecule has 2 heteroatoms. The van der Waals surface area contributed by atoms with E-state index in [9.17, 15) is 0 Å². The third kappa shape index (κ3) is 5.46. The molecule has 20 heavy (non-hydrogen) atoms. The van der Waals surface area contributed by atoms with Gasteiger partial charge in [0, 0.05) is 6.42 Å². The van der Waals surface area contributed by atoms with Gasteiger partial charge in [0.05, 0.1) is 16.9 Å². The lowest BCUT2D eigenvalue weighted by molar-refractivity contribution is 0.309. The third-order valence-corrected chi connectivity index (χ3v) is 4.92. The third-order valence-electron chi connectivity index (χ3n) is 4.92. The van der Waals surface area contributed by atoms with Gasteiger partial charge >= 0.3 is 0 Å². The molecule has 1 aliphatic heterocycles. The monoisotopic (exact) mass is 280 g/mol. The predicted molar refractivity (Wildman–Crippen MR) is 90.6 cm³/mol. The van der Waals surface area contributed by atoms with Crippen LogP contribution < -0.4 is 5.32 Å². The summed E-state index contributed by atoms with van der Waals surface area (Å²) in [6, 6.07) is 0. The topological polar surface area (TPSA) is 24.4 Å². The maximum atomic E-state index is 4.85. The van der Waals surface area contributed by atoms with Crippen molar-refractivity contribution >= 4 is 5.84 Å². The number of unbranched alkanes of at least 4 members (excludes halogenated alkanes) is 8. The standard InChI is InChI=1S/C18H36N2/c1-6-7-8-9-10-11-12-13-14-15-16-19-17(2,3)18(4,5)20-16/h6-15H2,1-5H3,(H,19,20). The van der Waals surface area contributed by atoms with E-state index in [1.807, 2.05) is 0 Å². The zero-order chi connectivity index (χ0) is 15.1. The Balaban J connectivity index is 2.03. The van der Waals surface area contributed by atoms with Crippen molar-refractivity contribution in [3.63, 3.8) is 0 Å². The fourth-order valence-electron chi connectivity index (χ4n) is 2.74. The van der Waals surface area contributed by atoms with Gasteiger partial charge < -0.3 is 5.32 Å². The second-order valence-corrected chi connectivity index (χ2v) is 7.45. The Labute approximate surface area is 126 Å². The van der Waals surface area contributed by atoms with Crippen LogP contribution in [0.2, 0.25) is 0 Å². The molecule has 1 aliphatic rings. The van der Waals surface area contributed by atoms with Crippen LogP contribution in [0.5, 0.6) is 0 Å². The van der Waals surface area contributed by atoms with Gasteiger partial charge in [0.1, 0.15) is 0 Å². The highest BCUT2D eigenvalue weighted by atomic mass is 15.2. The van der Waals surface area contributed by atoms with E-state index >= 15 is 0 Å². The van der Waals surface area contributed by atoms with Gasteiger partial charge in [-0.2, -0.15) is 0 Å². The summed E-state index contributed by atoms with van der Waals surface area (Å²) >= 11 is 0. The molecule has 0 aromatic heterocycles. The first-order valence-corrected chi connectivity index (χ1v) is 8.76. The Kier molecular flexibility index (Phi) is 7.05. The van der Waals surface area contributed by atoms with Crippen molar-refractivity contribution < 1.29 is 0 Å².